The third kappa shape index (κ3) is 3.05. The summed E-state index contributed by atoms with van der Waals surface area (Å²) in [6.45, 7) is 0.146. The second-order valence-electron chi connectivity index (χ2n) is 4.14. The van der Waals surface area contributed by atoms with Crippen molar-refractivity contribution < 1.29 is 15.0 Å². The van der Waals surface area contributed by atoms with Crippen molar-refractivity contribution in [1.29, 1.82) is 0 Å². The van der Waals surface area contributed by atoms with Crippen molar-refractivity contribution >= 4 is 5.97 Å². The van der Waals surface area contributed by atoms with Crippen LogP contribution in [0.4, 0.5) is 0 Å². The highest BCUT2D eigenvalue weighted by Gasteiger charge is 2.38. The Morgan fingerprint density at radius 1 is 1.24 bits per heavy atom. The van der Waals surface area contributed by atoms with Gasteiger partial charge in [0, 0.05) is 13.2 Å². The lowest BCUT2D eigenvalue weighted by atomic mass is 9.76. The Bertz CT molecular complexity index is 353. The summed E-state index contributed by atoms with van der Waals surface area (Å²) in [5, 5.41) is 18.2. The zero-order valence-corrected chi connectivity index (χ0v) is 9.80. The van der Waals surface area contributed by atoms with Gasteiger partial charge >= 0.3 is 5.97 Å². The van der Waals surface area contributed by atoms with Crippen LogP contribution in [-0.2, 0) is 10.2 Å². The van der Waals surface area contributed by atoms with Crippen LogP contribution in [0.2, 0.25) is 0 Å². The van der Waals surface area contributed by atoms with Crippen molar-refractivity contribution in [2.75, 3.05) is 13.2 Å². The van der Waals surface area contributed by atoms with Crippen LogP contribution in [0.15, 0.2) is 30.3 Å². The molecule has 17 heavy (non-hydrogen) atoms. The van der Waals surface area contributed by atoms with E-state index in [4.69, 9.17) is 10.8 Å². The number of hydrogen-bond donors (Lipinski definition) is 3. The number of aliphatic hydroxyl groups excluding tert-OH is 1. The summed E-state index contributed by atoms with van der Waals surface area (Å²) in [4.78, 5) is 11.5. The van der Waals surface area contributed by atoms with Crippen LogP contribution in [0.5, 0.6) is 0 Å². The molecule has 0 aromatic heterocycles. The zero-order chi connectivity index (χ0) is 12.7. The molecule has 94 valence electrons. The summed E-state index contributed by atoms with van der Waals surface area (Å²) in [6.07, 6.45) is 1.69. The normalized spacial score (nSPS) is 14.2. The van der Waals surface area contributed by atoms with Gasteiger partial charge in [0.05, 0.1) is 0 Å². The van der Waals surface area contributed by atoms with Crippen molar-refractivity contribution in [3.63, 3.8) is 0 Å². The average molecular weight is 237 g/mol. The van der Waals surface area contributed by atoms with E-state index in [9.17, 15) is 9.90 Å². The quantitative estimate of drug-likeness (QED) is 0.621. The van der Waals surface area contributed by atoms with Gasteiger partial charge in [-0.2, -0.15) is 0 Å². The molecule has 0 amide bonds. The van der Waals surface area contributed by atoms with E-state index in [0.29, 0.717) is 19.3 Å². The molecule has 1 aromatic rings. The Kier molecular flexibility index (Phi) is 5.12. The van der Waals surface area contributed by atoms with Gasteiger partial charge in [-0.25, -0.2) is 0 Å². The molecular weight excluding hydrogens is 218 g/mol. The van der Waals surface area contributed by atoms with Gasteiger partial charge in [-0.1, -0.05) is 30.3 Å². The highest BCUT2D eigenvalue weighted by atomic mass is 16.4. The van der Waals surface area contributed by atoms with Gasteiger partial charge in [0.15, 0.2) is 0 Å². The second-order valence-corrected chi connectivity index (χ2v) is 4.14. The number of benzene rings is 1. The van der Waals surface area contributed by atoms with Gasteiger partial charge in [0.25, 0.3) is 0 Å². The molecule has 1 atom stereocenters. The van der Waals surface area contributed by atoms with Gasteiger partial charge in [-0.15, -0.1) is 0 Å². The fraction of sp³-hybridized carbons (Fsp3) is 0.462. The predicted octanol–water partition coefficient (Wildman–Crippen LogP) is 1.13. The van der Waals surface area contributed by atoms with Gasteiger partial charge in [-0.05, 0) is 24.8 Å². The fourth-order valence-electron chi connectivity index (χ4n) is 1.98. The van der Waals surface area contributed by atoms with Crippen LogP contribution >= 0.6 is 0 Å². The summed E-state index contributed by atoms with van der Waals surface area (Å²) in [7, 11) is 0. The van der Waals surface area contributed by atoms with Crippen LogP contribution < -0.4 is 5.73 Å². The zero-order valence-electron chi connectivity index (χ0n) is 9.80. The summed E-state index contributed by atoms with van der Waals surface area (Å²) in [5.41, 5.74) is 5.38. The van der Waals surface area contributed by atoms with Gasteiger partial charge in [-0.3, -0.25) is 4.79 Å². The summed E-state index contributed by atoms with van der Waals surface area (Å²) < 4.78 is 0. The highest BCUT2D eigenvalue weighted by Crippen LogP contribution is 2.29. The molecule has 0 radical (unpaired) electrons. The summed E-state index contributed by atoms with van der Waals surface area (Å²) in [6, 6.07) is 9.06. The number of aliphatic carboxylic acids is 1. The second kappa shape index (κ2) is 6.37. The Balaban J connectivity index is 2.97. The maximum atomic E-state index is 11.5. The van der Waals surface area contributed by atoms with Gasteiger partial charge in [0.1, 0.15) is 5.41 Å². The number of carboxylic acid groups (broad SMARTS) is 1. The Labute approximate surface area is 101 Å². The summed E-state index contributed by atoms with van der Waals surface area (Å²) in [5.74, 6) is -0.899. The van der Waals surface area contributed by atoms with E-state index in [1.807, 2.05) is 18.2 Å². The lowest BCUT2D eigenvalue weighted by Crippen LogP contribution is -2.43. The average Bonchev–Trinajstić information content (AvgIpc) is 2.36. The number of hydrogen-bond acceptors (Lipinski definition) is 3. The minimum absolute atomic E-state index is 0.0672. The lowest BCUT2D eigenvalue weighted by molar-refractivity contribution is -0.143. The minimum Gasteiger partial charge on any atom is -0.481 e. The molecule has 0 bridgehead atoms. The smallest absolute Gasteiger partial charge is 0.315 e. The van der Waals surface area contributed by atoms with E-state index >= 15 is 0 Å². The van der Waals surface area contributed by atoms with Gasteiger partial charge in [0.2, 0.25) is 0 Å². The van der Waals surface area contributed by atoms with E-state index in [2.05, 4.69) is 0 Å². The highest BCUT2D eigenvalue weighted by molar-refractivity contribution is 5.81. The Morgan fingerprint density at radius 3 is 2.35 bits per heavy atom. The lowest BCUT2D eigenvalue weighted by Gasteiger charge is -2.28. The first kappa shape index (κ1) is 13.7. The van der Waals surface area contributed by atoms with Crippen LogP contribution in [0.1, 0.15) is 24.8 Å². The van der Waals surface area contributed by atoms with E-state index in [1.165, 1.54) is 0 Å². The Morgan fingerprint density at radius 2 is 1.88 bits per heavy atom. The maximum Gasteiger partial charge on any atom is 0.315 e. The molecule has 1 aromatic carbocycles. The van der Waals surface area contributed by atoms with Crippen molar-refractivity contribution in [2.45, 2.75) is 24.7 Å². The molecule has 0 spiro atoms. The number of carboxylic acids is 1. The first-order valence-corrected chi connectivity index (χ1v) is 5.77. The molecule has 0 aliphatic heterocycles. The van der Waals surface area contributed by atoms with E-state index in [0.717, 1.165) is 5.56 Å². The molecule has 0 aliphatic carbocycles. The van der Waals surface area contributed by atoms with Crippen LogP contribution in [0.3, 0.4) is 0 Å². The van der Waals surface area contributed by atoms with Crippen LogP contribution in [0, 0.1) is 0 Å². The molecule has 0 saturated carbocycles. The number of unbranched alkanes of at least 4 members (excludes halogenated alkanes) is 1. The molecule has 4 nitrogen and oxygen atoms in total. The van der Waals surface area contributed by atoms with Gasteiger partial charge < -0.3 is 15.9 Å². The van der Waals surface area contributed by atoms with E-state index in [-0.39, 0.29) is 13.2 Å². The SMILES string of the molecule is NCC(CCCCO)(C(=O)O)c1ccccc1. The molecule has 4 heteroatoms. The third-order valence-corrected chi connectivity index (χ3v) is 3.10. The molecule has 0 saturated heterocycles. The fourth-order valence-corrected chi connectivity index (χ4v) is 1.98. The molecular formula is C13H19NO3. The number of aliphatic hydroxyl groups is 1. The Hall–Kier alpha value is -1.39. The minimum atomic E-state index is -1.03. The monoisotopic (exact) mass is 237 g/mol. The van der Waals surface area contributed by atoms with Crippen molar-refractivity contribution in [3.8, 4) is 0 Å². The molecule has 0 aliphatic rings. The number of carbonyl (C=O) groups is 1. The van der Waals surface area contributed by atoms with Crippen molar-refractivity contribution in [1.82, 2.24) is 0 Å². The van der Waals surface area contributed by atoms with Crippen molar-refractivity contribution in [2.24, 2.45) is 5.73 Å². The summed E-state index contributed by atoms with van der Waals surface area (Å²) >= 11 is 0. The standard InChI is InChI=1S/C13H19NO3/c14-10-13(12(16)17,8-4-5-9-15)11-6-2-1-3-7-11/h1-3,6-7,15H,4-5,8-10,14H2,(H,16,17). The molecule has 1 unspecified atom stereocenters. The number of rotatable bonds is 7. The molecule has 4 N–H and O–H groups in total. The van der Waals surface area contributed by atoms with Crippen LogP contribution in [0.25, 0.3) is 0 Å². The largest absolute Gasteiger partial charge is 0.481 e. The first-order chi connectivity index (χ1) is 8.17. The maximum absolute atomic E-state index is 11.5. The first-order valence-electron chi connectivity index (χ1n) is 5.77. The number of nitrogens with two attached hydrogens (primary N) is 1. The molecule has 0 fully saturated rings. The topological polar surface area (TPSA) is 83.5 Å². The van der Waals surface area contributed by atoms with E-state index in [1.54, 1.807) is 12.1 Å². The predicted molar refractivity (Wildman–Crippen MR) is 65.7 cm³/mol. The molecule has 0 heterocycles. The third-order valence-electron chi connectivity index (χ3n) is 3.10. The van der Waals surface area contributed by atoms with Crippen molar-refractivity contribution in [3.05, 3.63) is 35.9 Å². The molecule has 1 rings (SSSR count). The van der Waals surface area contributed by atoms with Crippen LogP contribution in [-0.4, -0.2) is 29.3 Å². The van der Waals surface area contributed by atoms with E-state index < -0.39 is 11.4 Å².